The van der Waals surface area contributed by atoms with Crippen LogP contribution in [0.3, 0.4) is 0 Å². The third-order valence-electron chi connectivity index (χ3n) is 6.66. The van der Waals surface area contributed by atoms with Gasteiger partial charge in [0, 0.05) is 46.2 Å². The van der Waals surface area contributed by atoms with Crippen molar-refractivity contribution < 1.29 is 8.78 Å². The first-order chi connectivity index (χ1) is 16.3. The van der Waals surface area contributed by atoms with Crippen LogP contribution in [-0.4, -0.2) is 35.1 Å². The number of thiophene rings is 1. The van der Waals surface area contributed by atoms with Crippen LogP contribution in [0.5, 0.6) is 0 Å². The number of nitrogens with one attached hydrogen (secondary N) is 1. The lowest BCUT2D eigenvalue weighted by atomic mass is 9.97. The maximum atomic E-state index is 16.2. The van der Waals surface area contributed by atoms with Gasteiger partial charge >= 0.3 is 0 Å². The SMILES string of the molecule is Cc1nc(N2CC3CCC(C2)N3)c2cc(Cl)c(-c3cc(F)cc4sc(N)c(C#N)c34)c(F)c2n1. The number of aryl methyl sites for hydroxylation is 1. The molecular weight excluding hydrogens is 478 g/mol. The molecule has 2 aliphatic rings. The van der Waals surface area contributed by atoms with E-state index >= 15 is 4.39 Å². The van der Waals surface area contributed by atoms with Crippen molar-refractivity contribution >= 4 is 54.7 Å². The second-order valence-corrected chi connectivity index (χ2v) is 10.4. The number of piperazine rings is 1. The van der Waals surface area contributed by atoms with Gasteiger partial charge in [0.15, 0.2) is 5.82 Å². The minimum Gasteiger partial charge on any atom is -0.389 e. The first kappa shape index (κ1) is 21.5. The molecule has 172 valence electrons. The zero-order valence-corrected chi connectivity index (χ0v) is 19.7. The largest absolute Gasteiger partial charge is 0.389 e. The molecule has 6 rings (SSSR count). The fourth-order valence-corrected chi connectivity index (χ4v) is 6.53. The predicted molar refractivity (Wildman–Crippen MR) is 131 cm³/mol. The third kappa shape index (κ3) is 3.21. The molecule has 10 heteroatoms. The Balaban J connectivity index is 1.61. The topological polar surface area (TPSA) is 90.9 Å². The Hall–Kier alpha value is -3.06. The molecule has 0 radical (unpaired) electrons. The Kier molecular flexibility index (Phi) is 4.88. The summed E-state index contributed by atoms with van der Waals surface area (Å²) in [5.74, 6) is -0.162. The Morgan fingerprint density at radius 1 is 1.21 bits per heavy atom. The zero-order chi connectivity index (χ0) is 23.7. The number of nitriles is 1. The normalized spacial score (nSPS) is 19.8. The van der Waals surface area contributed by atoms with Gasteiger partial charge < -0.3 is 16.0 Å². The van der Waals surface area contributed by atoms with E-state index in [0.717, 1.165) is 37.3 Å². The molecule has 2 bridgehead atoms. The second kappa shape index (κ2) is 7.73. The number of hydrogen-bond acceptors (Lipinski definition) is 7. The molecule has 2 atom stereocenters. The van der Waals surface area contributed by atoms with Crippen LogP contribution in [-0.2, 0) is 0 Å². The Bertz CT molecular complexity index is 1530. The average Bonchev–Trinajstić information content (AvgIpc) is 3.30. The summed E-state index contributed by atoms with van der Waals surface area (Å²) in [6.45, 7) is 3.27. The van der Waals surface area contributed by atoms with Crippen molar-refractivity contribution in [3.63, 3.8) is 0 Å². The summed E-state index contributed by atoms with van der Waals surface area (Å²) in [6, 6.07) is 6.93. The number of nitrogen functional groups attached to an aromatic ring is 1. The Labute approximate surface area is 203 Å². The predicted octanol–water partition coefficient (Wildman–Crippen LogP) is 5.15. The second-order valence-electron chi connectivity index (χ2n) is 8.86. The lowest BCUT2D eigenvalue weighted by Gasteiger charge is -2.34. The molecule has 4 aromatic rings. The number of fused-ring (bicyclic) bond motifs is 4. The van der Waals surface area contributed by atoms with E-state index in [4.69, 9.17) is 17.3 Å². The number of rotatable bonds is 2. The van der Waals surface area contributed by atoms with E-state index in [9.17, 15) is 9.65 Å². The summed E-state index contributed by atoms with van der Waals surface area (Å²) < 4.78 is 31.2. The standard InChI is InChI=1S/C24H19ClF2N6S/c1-10-30-22-15(24(31-10)33-8-12-2-3-13(9-33)32-12)6-17(25)20(21(22)27)14-4-11(26)5-18-19(14)16(7-28)23(29)34-18/h4-6,12-13,32H,2-3,8-9,29H2,1H3. The van der Waals surface area contributed by atoms with Crippen LogP contribution < -0.4 is 16.0 Å². The summed E-state index contributed by atoms with van der Waals surface area (Å²) in [5.41, 5.74) is 6.47. The number of nitrogens with zero attached hydrogens (tertiary/aromatic N) is 4. The van der Waals surface area contributed by atoms with Gasteiger partial charge in [-0.05, 0) is 43.5 Å². The molecule has 0 aliphatic carbocycles. The van der Waals surface area contributed by atoms with Crippen LogP contribution in [0.25, 0.3) is 32.1 Å². The maximum absolute atomic E-state index is 16.2. The molecule has 0 saturated carbocycles. The van der Waals surface area contributed by atoms with Crippen molar-refractivity contribution in [2.45, 2.75) is 31.8 Å². The van der Waals surface area contributed by atoms with E-state index in [1.807, 2.05) is 0 Å². The Morgan fingerprint density at radius 2 is 1.94 bits per heavy atom. The van der Waals surface area contributed by atoms with Gasteiger partial charge in [0.1, 0.15) is 34.0 Å². The van der Waals surface area contributed by atoms with Crippen molar-refractivity contribution in [1.82, 2.24) is 15.3 Å². The number of aromatic nitrogens is 2. The highest BCUT2D eigenvalue weighted by Gasteiger charge is 2.34. The van der Waals surface area contributed by atoms with Gasteiger partial charge in [0.25, 0.3) is 0 Å². The summed E-state index contributed by atoms with van der Waals surface area (Å²) >= 11 is 7.74. The molecule has 6 nitrogen and oxygen atoms in total. The highest BCUT2D eigenvalue weighted by Crippen LogP contribution is 2.45. The van der Waals surface area contributed by atoms with Crippen LogP contribution in [0.4, 0.5) is 19.6 Å². The average molecular weight is 497 g/mol. The van der Waals surface area contributed by atoms with E-state index in [2.05, 4.69) is 26.3 Å². The number of nitrogens with two attached hydrogens (primary N) is 1. The van der Waals surface area contributed by atoms with Crippen LogP contribution in [0.2, 0.25) is 5.02 Å². The monoisotopic (exact) mass is 496 g/mol. The Morgan fingerprint density at radius 3 is 2.65 bits per heavy atom. The van der Waals surface area contributed by atoms with E-state index in [1.54, 1.807) is 13.0 Å². The molecule has 4 heterocycles. The number of anilines is 2. The molecule has 2 saturated heterocycles. The van der Waals surface area contributed by atoms with Gasteiger partial charge in [-0.3, -0.25) is 0 Å². The lowest BCUT2D eigenvalue weighted by molar-refractivity contribution is 0.464. The van der Waals surface area contributed by atoms with Gasteiger partial charge in [0.05, 0.1) is 10.6 Å². The third-order valence-corrected chi connectivity index (χ3v) is 7.92. The summed E-state index contributed by atoms with van der Waals surface area (Å²) in [5, 5.41) is 14.5. The van der Waals surface area contributed by atoms with E-state index < -0.39 is 11.6 Å². The van der Waals surface area contributed by atoms with Crippen LogP contribution in [0.1, 0.15) is 24.2 Å². The molecule has 3 N–H and O–H groups in total. The van der Waals surface area contributed by atoms with Crippen molar-refractivity contribution in [3.8, 4) is 17.2 Å². The summed E-state index contributed by atoms with van der Waals surface area (Å²) in [6.07, 6.45) is 2.20. The van der Waals surface area contributed by atoms with Crippen LogP contribution >= 0.6 is 22.9 Å². The molecular formula is C24H19ClF2N6S. The van der Waals surface area contributed by atoms with E-state index in [-0.39, 0.29) is 32.2 Å². The van der Waals surface area contributed by atoms with Crippen molar-refractivity contribution in [3.05, 3.63) is 46.2 Å². The summed E-state index contributed by atoms with van der Waals surface area (Å²) in [7, 11) is 0. The van der Waals surface area contributed by atoms with Crippen LogP contribution in [0, 0.1) is 29.9 Å². The highest BCUT2D eigenvalue weighted by molar-refractivity contribution is 7.23. The smallest absolute Gasteiger partial charge is 0.158 e. The van der Waals surface area contributed by atoms with Gasteiger partial charge in [0.2, 0.25) is 0 Å². The quantitative estimate of drug-likeness (QED) is 0.399. The van der Waals surface area contributed by atoms with Crippen molar-refractivity contribution in [1.29, 1.82) is 5.26 Å². The molecule has 0 amide bonds. The first-order valence-electron chi connectivity index (χ1n) is 10.9. The van der Waals surface area contributed by atoms with Gasteiger partial charge in [-0.2, -0.15) is 5.26 Å². The van der Waals surface area contributed by atoms with E-state index in [1.165, 1.54) is 12.1 Å². The minimum atomic E-state index is -0.673. The molecule has 2 aromatic carbocycles. The molecule has 0 spiro atoms. The van der Waals surface area contributed by atoms with Gasteiger partial charge in [-0.15, -0.1) is 11.3 Å². The molecule has 2 aromatic heterocycles. The molecule has 2 aliphatic heterocycles. The van der Waals surface area contributed by atoms with Crippen LogP contribution in [0.15, 0.2) is 18.2 Å². The highest BCUT2D eigenvalue weighted by atomic mass is 35.5. The van der Waals surface area contributed by atoms with Crippen molar-refractivity contribution in [2.24, 2.45) is 0 Å². The van der Waals surface area contributed by atoms with Crippen molar-refractivity contribution in [2.75, 3.05) is 23.7 Å². The number of halogens is 3. The fourth-order valence-electron chi connectivity index (χ4n) is 5.27. The van der Waals surface area contributed by atoms with E-state index in [0.29, 0.717) is 39.2 Å². The van der Waals surface area contributed by atoms with Gasteiger partial charge in [-0.25, -0.2) is 18.7 Å². The summed E-state index contributed by atoms with van der Waals surface area (Å²) in [4.78, 5) is 11.2. The maximum Gasteiger partial charge on any atom is 0.158 e. The molecule has 34 heavy (non-hydrogen) atoms. The molecule has 2 unspecified atom stereocenters. The lowest BCUT2D eigenvalue weighted by Crippen LogP contribution is -2.51. The fraction of sp³-hybridized carbons (Fsp3) is 0.292. The number of benzene rings is 2. The van der Waals surface area contributed by atoms with Gasteiger partial charge in [-0.1, -0.05) is 11.6 Å². The molecule has 2 fully saturated rings. The minimum absolute atomic E-state index is 0.00241. The zero-order valence-electron chi connectivity index (χ0n) is 18.1. The first-order valence-corrected chi connectivity index (χ1v) is 12.1. The number of hydrogen-bond donors (Lipinski definition) is 2.